The van der Waals surface area contributed by atoms with Gasteiger partial charge in [0.25, 0.3) is 0 Å². The maximum absolute atomic E-state index is 5.64. The third-order valence-corrected chi connectivity index (χ3v) is 1.78. The van der Waals surface area contributed by atoms with Gasteiger partial charge in [-0.15, -0.1) is 0 Å². The summed E-state index contributed by atoms with van der Waals surface area (Å²) in [5, 5.41) is 3.52. The van der Waals surface area contributed by atoms with Gasteiger partial charge in [0.15, 0.2) is 0 Å². The van der Waals surface area contributed by atoms with E-state index < -0.39 is 0 Å². The number of hydrogen-bond donors (Lipinski definition) is 2. The second kappa shape index (κ2) is 4.06. The molecule has 2 aromatic heterocycles. The fourth-order valence-corrected chi connectivity index (χ4v) is 1.06. The molecule has 72 valence electrons. The zero-order valence-corrected chi connectivity index (χ0v) is 7.99. The lowest BCUT2D eigenvalue weighted by Gasteiger charge is -2.01. The molecular formula is C8H8ClN5. The number of rotatable bonds is 3. The molecule has 0 spiro atoms. The number of aromatic amines is 1. The van der Waals surface area contributed by atoms with Gasteiger partial charge in [-0.25, -0.2) is 15.0 Å². The van der Waals surface area contributed by atoms with Gasteiger partial charge in [-0.05, 0) is 0 Å². The van der Waals surface area contributed by atoms with Crippen molar-refractivity contribution in [3.8, 4) is 0 Å². The van der Waals surface area contributed by atoms with Gasteiger partial charge in [0.2, 0.25) is 5.95 Å². The van der Waals surface area contributed by atoms with E-state index in [-0.39, 0.29) is 0 Å². The van der Waals surface area contributed by atoms with E-state index in [4.69, 9.17) is 11.6 Å². The number of imidazole rings is 1. The van der Waals surface area contributed by atoms with Crippen LogP contribution < -0.4 is 5.32 Å². The first-order valence-corrected chi connectivity index (χ1v) is 4.42. The maximum Gasteiger partial charge on any atom is 0.223 e. The fourth-order valence-electron chi connectivity index (χ4n) is 0.961. The Balaban J connectivity index is 1.95. The van der Waals surface area contributed by atoms with Gasteiger partial charge in [0, 0.05) is 12.4 Å². The number of nitrogens with zero attached hydrogens (tertiary/aromatic N) is 3. The van der Waals surface area contributed by atoms with Gasteiger partial charge in [-0.3, -0.25) is 0 Å². The van der Waals surface area contributed by atoms with Crippen molar-refractivity contribution in [3.63, 3.8) is 0 Å². The van der Waals surface area contributed by atoms with E-state index in [1.54, 1.807) is 24.8 Å². The quantitative estimate of drug-likeness (QED) is 0.804. The molecule has 0 saturated carbocycles. The van der Waals surface area contributed by atoms with Gasteiger partial charge in [-0.1, -0.05) is 11.6 Å². The number of hydrogen-bond acceptors (Lipinski definition) is 4. The Bertz CT molecular complexity index is 383. The van der Waals surface area contributed by atoms with Crippen LogP contribution in [-0.4, -0.2) is 19.9 Å². The van der Waals surface area contributed by atoms with Crippen molar-refractivity contribution in [2.24, 2.45) is 0 Å². The molecular weight excluding hydrogens is 202 g/mol. The van der Waals surface area contributed by atoms with Crippen LogP contribution in [0, 0.1) is 0 Å². The Kier molecular flexibility index (Phi) is 2.60. The molecule has 5 nitrogen and oxygen atoms in total. The van der Waals surface area contributed by atoms with Crippen LogP contribution in [0.2, 0.25) is 5.02 Å². The lowest BCUT2D eigenvalue weighted by molar-refractivity contribution is 0.968. The molecule has 0 atom stereocenters. The molecule has 0 fully saturated rings. The van der Waals surface area contributed by atoms with Gasteiger partial charge in [0.05, 0.1) is 24.0 Å². The molecule has 0 amide bonds. The summed E-state index contributed by atoms with van der Waals surface area (Å²) in [4.78, 5) is 15.0. The lowest BCUT2D eigenvalue weighted by Crippen LogP contribution is -2.04. The van der Waals surface area contributed by atoms with Crippen LogP contribution in [0.3, 0.4) is 0 Å². The zero-order chi connectivity index (χ0) is 9.80. The third kappa shape index (κ3) is 2.20. The van der Waals surface area contributed by atoms with E-state index in [1.165, 1.54) is 0 Å². The van der Waals surface area contributed by atoms with Gasteiger partial charge in [0.1, 0.15) is 5.82 Å². The summed E-state index contributed by atoms with van der Waals surface area (Å²) in [6.07, 6.45) is 6.54. The highest BCUT2D eigenvalue weighted by Gasteiger charge is 1.97. The van der Waals surface area contributed by atoms with Crippen molar-refractivity contribution in [3.05, 3.63) is 35.6 Å². The van der Waals surface area contributed by atoms with Crippen LogP contribution >= 0.6 is 11.6 Å². The molecule has 0 aliphatic heterocycles. The maximum atomic E-state index is 5.64. The SMILES string of the molecule is Clc1cnc(NCc2ncc[nH]2)nc1. The fraction of sp³-hybridized carbons (Fsp3) is 0.125. The largest absolute Gasteiger partial charge is 0.347 e. The van der Waals surface area contributed by atoms with Crippen molar-refractivity contribution in [2.75, 3.05) is 5.32 Å². The minimum atomic E-state index is 0.522. The van der Waals surface area contributed by atoms with E-state index in [2.05, 4.69) is 25.3 Å². The average Bonchev–Trinajstić information content (AvgIpc) is 2.70. The predicted molar refractivity (Wildman–Crippen MR) is 53.0 cm³/mol. The molecule has 0 aromatic carbocycles. The molecule has 2 heterocycles. The van der Waals surface area contributed by atoms with Crippen LogP contribution in [0.4, 0.5) is 5.95 Å². The Labute approximate surface area is 85.6 Å². The molecule has 14 heavy (non-hydrogen) atoms. The molecule has 0 aliphatic carbocycles. The normalized spacial score (nSPS) is 10.1. The Hall–Kier alpha value is -1.62. The van der Waals surface area contributed by atoms with Crippen LogP contribution in [-0.2, 0) is 6.54 Å². The summed E-state index contributed by atoms with van der Waals surface area (Å²) in [5.74, 6) is 1.37. The third-order valence-electron chi connectivity index (χ3n) is 1.59. The molecule has 2 rings (SSSR count). The number of H-pyrrole nitrogens is 1. The molecule has 6 heteroatoms. The Morgan fingerprint density at radius 3 is 2.71 bits per heavy atom. The van der Waals surface area contributed by atoms with Crippen LogP contribution in [0.5, 0.6) is 0 Å². The summed E-state index contributed by atoms with van der Waals surface area (Å²) in [6, 6.07) is 0. The van der Waals surface area contributed by atoms with Crippen molar-refractivity contribution in [1.29, 1.82) is 0 Å². The molecule has 0 saturated heterocycles. The van der Waals surface area contributed by atoms with E-state index in [0.717, 1.165) is 5.82 Å². The zero-order valence-electron chi connectivity index (χ0n) is 7.24. The highest BCUT2D eigenvalue weighted by atomic mass is 35.5. The predicted octanol–water partition coefficient (Wildman–Crippen LogP) is 1.47. The molecule has 0 bridgehead atoms. The molecule has 2 aromatic rings. The van der Waals surface area contributed by atoms with Crippen molar-refractivity contribution >= 4 is 17.5 Å². The highest BCUT2D eigenvalue weighted by Crippen LogP contribution is 2.05. The second-order valence-corrected chi connectivity index (χ2v) is 3.05. The van der Waals surface area contributed by atoms with E-state index in [1.807, 2.05) is 0 Å². The smallest absolute Gasteiger partial charge is 0.223 e. The Morgan fingerprint density at radius 1 is 1.29 bits per heavy atom. The van der Waals surface area contributed by atoms with Crippen LogP contribution in [0.1, 0.15) is 5.82 Å². The van der Waals surface area contributed by atoms with Gasteiger partial charge >= 0.3 is 0 Å². The summed E-state index contributed by atoms with van der Waals surface area (Å²) in [6.45, 7) is 0.564. The van der Waals surface area contributed by atoms with Crippen LogP contribution in [0.15, 0.2) is 24.8 Å². The van der Waals surface area contributed by atoms with E-state index >= 15 is 0 Å². The minimum absolute atomic E-state index is 0.522. The van der Waals surface area contributed by atoms with Crippen molar-refractivity contribution in [2.45, 2.75) is 6.54 Å². The molecule has 0 radical (unpaired) electrons. The standard InChI is InChI=1S/C8H8ClN5/c9-6-3-12-8(13-4-6)14-5-7-10-1-2-11-7/h1-4H,5H2,(H,10,11)(H,12,13,14). The van der Waals surface area contributed by atoms with Crippen LogP contribution in [0.25, 0.3) is 0 Å². The first-order valence-electron chi connectivity index (χ1n) is 4.04. The van der Waals surface area contributed by atoms with E-state index in [9.17, 15) is 0 Å². The topological polar surface area (TPSA) is 66.5 Å². The highest BCUT2D eigenvalue weighted by molar-refractivity contribution is 6.30. The molecule has 0 aliphatic rings. The number of anilines is 1. The van der Waals surface area contributed by atoms with E-state index in [0.29, 0.717) is 17.5 Å². The van der Waals surface area contributed by atoms with Gasteiger partial charge < -0.3 is 10.3 Å². The number of halogens is 1. The number of nitrogens with one attached hydrogen (secondary N) is 2. The summed E-state index contributed by atoms with van der Waals surface area (Å²) < 4.78 is 0. The monoisotopic (exact) mass is 209 g/mol. The average molecular weight is 210 g/mol. The van der Waals surface area contributed by atoms with Crippen molar-refractivity contribution < 1.29 is 0 Å². The lowest BCUT2D eigenvalue weighted by atomic mass is 10.6. The second-order valence-electron chi connectivity index (χ2n) is 2.61. The first kappa shape index (κ1) is 8.96. The molecule has 2 N–H and O–H groups in total. The Morgan fingerprint density at radius 2 is 2.07 bits per heavy atom. The summed E-state index contributed by atoms with van der Waals surface area (Å²) in [5.41, 5.74) is 0. The summed E-state index contributed by atoms with van der Waals surface area (Å²) in [7, 11) is 0. The minimum Gasteiger partial charge on any atom is -0.347 e. The summed E-state index contributed by atoms with van der Waals surface area (Å²) >= 11 is 5.64. The van der Waals surface area contributed by atoms with Crippen molar-refractivity contribution in [1.82, 2.24) is 19.9 Å². The number of aromatic nitrogens is 4. The first-order chi connectivity index (χ1) is 6.84. The van der Waals surface area contributed by atoms with Gasteiger partial charge in [-0.2, -0.15) is 0 Å². The molecule has 0 unspecified atom stereocenters.